The number of anilines is 1. The van der Waals surface area contributed by atoms with Crippen LogP contribution in [0.4, 0.5) is 5.69 Å². The minimum absolute atomic E-state index is 0.135. The first kappa shape index (κ1) is 15.4. The summed E-state index contributed by atoms with van der Waals surface area (Å²) in [5, 5.41) is 3.20. The molecule has 6 heteroatoms. The van der Waals surface area contributed by atoms with E-state index >= 15 is 0 Å². The quantitative estimate of drug-likeness (QED) is 0.853. The lowest BCUT2D eigenvalue weighted by atomic mass is 9.79. The lowest BCUT2D eigenvalue weighted by Gasteiger charge is -2.32. The summed E-state index contributed by atoms with van der Waals surface area (Å²) in [5.41, 5.74) is 0.608. The Bertz CT molecular complexity index is 529. The normalized spacial score (nSPS) is 20.0. The molecule has 0 aromatic heterocycles. The molecule has 0 radical (unpaired) electrons. The maximum Gasteiger partial charge on any atom is 0.496 e. The van der Waals surface area contributed by atoms with Crippen molar-refractivity contribution in [2.45, 2.75) is 45.8 Å². The minimum Gasteiger partial charge on any atom is -0.399 e. The fraction of sp³-hybridized carbons (Fsp3) is 0.500. The largest absolute Gasteiger partial charge is 0.496 e. The van der Waals surface area contributed by atoms with Crippen LogP contribution in [0, 0.1) is 0 Å². The van der Waals surface area contributed by atoms with E-state index in [1.165, 1.54) is 6.92 Å². The maximum atomic E-state index is 11.0. The molecule has 20 heavy (non-hydrogen) atoms. The van der Waals surface area contributed by atoms with Crippen molar-refractivity contribution in [2.75, 3.05) is 5.32 Å². The van der Waals surface area contributed by atoms with Gasteiger partial charge in [-0.05, 0) is 39.8 Å². The number of nitrogens with one attached hydrogen (secondary N) is 1. The third kappa shape index (κ3) is 2.85. The molecule has 1 N–H and O–H groups in total. The predicted octanol–water partition coefficient (Wildman–Crippen LogP) is 2.60. The molecule has 0 bridgehead atoms. The van der Waals surface area contributed by atoms with Gasteiger partial charge in [-0.15, -0.1) is 0 Å². The van der Waals surface area contributed by atoms with E-state index in [9.17, 15) is 4.79 Å². The van der Waals surface area contributed by atoms with Crippen LogP contribution in [-0.2, 0) is 14.1 Å². The van der Waals surface area contributed by atoms with Crippen LogP contribution < -0.4 is 10.8 Å². The first-order valence-corrected chi connectivity index (χ1v) is 6.93. The zero-order valence-electron chi connectivity index (χ0n) is 12.4. The molecule has 1 fully saturated rings. The summed E-state index contributed by atoms with van der Waals surface area (Å²) in [5.74, 6) is -0.135. The SMILES string of the molecule is CC(=O)Nc1ccc(B2OC(C)(C)C(C)(C)O2)c(Cl)c1. The monoisotopic (exact) mass is 295 g/mol. The third-order valence-corrected chi connectivity index (χ3v) is 4.16. The molecule has 2 rings (SSSR count). The summed E-state index contributed by atoms with van der Waals surface area (Å²) in [4.78, 5) is 11.0. The molecule has 1 aliphatic rings. The molecule has 1 aromatic carbocycles. The second-order valence-electron chi connectivity index (χ2n) is 6.01. The molecule has 0 saturated carbocycles. The van der Waals surface area contributed by atoms with Crippen LogP contribution in [0.25, 0.3) is 0 Å². The lowest BCUT2D eigenvalue weighted by molar-refractivity contribution is -0.114. The number of carbonyl (C=O) groups excluding carboxylic acids is 1. The van der Waals surface area contributed by atoms with Crippen LogP contribution in [0.5, 0.6) is 0 Å². The molecule has 1 amide bonds. The van der Waals surface area contributed by atoms with E-state index in [-0.39, 0.29) is 5.91 Å². The standard InChI is InChI=1S/C14H19BClNO3/c1-9(18)17-10-6-7-11(12(16)8-10)15-19-13(2,3)14(4,5)20-15/h6-8H,1-5H3,(H,17,18). The number of hydrogen-bond acceptors (Lipinski definition) is 3. The summed E-state index contributed by atoms with van der Waals surface area (Å²) in [6.45, 7) is 9.42. The van der Waals surface area contributed by atoms with E-state index in [2.05, 4.69) is 5.32 Å². The van der Waals surface area contributed by atoms with Gasteiger partial charge < -0.3 is 14.6 Å². The maximum absolute atomic E-state index is 11.0. The van der Waals surface area contributed by atoms with E-state index in [4.69, 9.17) is 20.9 Å². The van der Waals surface area contributed by atoms with Crippen molar-refractivity contribution in [3.05, 3.63) is 23.2 Å². The molecule has 1 heterocycles. The van der Waals surface area contributed by atoms with Gasteiger partial charge >= 0.3 is 7.12 Å². The molecular weight excluding hydrogens is 276 g/mol. The third-order valence-electron chi connectivity index (χ3n) is 3.83. The van der Waals surface area contributed by atoms with Gasteiger partial charge in [0.1, 0.15) is 0 Å². The van der Waals surface area contributed by atoms with Gasteiger partial charge in [-0.25, -0.2) is 0 Å². The van der Waals surface area contributed by atoms with Gasteiger partial charge in [0.2, 0.25) is 5.91 Å². The van der Waals surface area contributed by atoms with E-state index in [1.54, 1.807) is 12.1 Å². The average Bonchev–Trinajstić information content (AvgIpc) is 2.46. The van der Waals surface area contributed by atoms with Crippen LogP contribution in [0.2, 0.25) is 5.02 Å². The summed E-state index contributed by atoms with van der Waals surface area (Å²) >= 11 is 6.27. The molecule has 0 unspecified atom stereocenters. The predicted molar refractivity (Wildman–Crippen MR) is 81.5 cm³/mol. The Kier molecular flexibility index (Phi) is 3.89. The zero-order chi connectivity index (χ0) is 15.1. The van der Waals surface area contributed by atoms with Crippen LogP contribution in [0.15, 0.2) is 18.2 Å². The fourth-order valence-electron chi connectivity index (χ4n) is 1.97. The number of carbonyl (C=O) groups is 1. The first-order chi connectivity index (χ1) is 9.12. The van der Waals surface area contributed by atoms with Crippen LogP contribution >= 0.6 is 11.6 Å². The minimum atomic E-state index is -0.501. The van der Waals surface area contributed by atoms with Gasteiger partial charge in [-0.1, -0.05) is 17.7 Å². The molecule has 4 nitrogen and oxygen atoms in total. The fourth-order valence-corrected chi connectivity index (χ4v) is 2.24. The Labute approximate surface area is 124 Å². The Morgan fingerprint density at radius 2 is 1.75 bits per heavy atom. The van der Waals surface area contributed by atoms with Crippen molar-refractivity contribution in [2.24, 2.45) is 0 Å². The topological polar surface area (TPSA) is 47.6 Å². The average molecular weight is 296 g/mol. The number of hydrogen-bond donors (Lipinski definition) is 1. The lowest BCUT2D eigenvalue weighted by Crippen LogP contribution is -2.41. The molecule has 1 aromatic rings. The highest BCUT2D eigenvalue weighted by Gasteiger charge is 2.52. The molecular formula is C14H19BClNO3. The van der Waals surface area contributed by atoms with Crippen LogP contribution in [0.1, 0.15) is 34.6 Å². The highest BCUT2D eigenvalue weighted by Crippen LogP contribution is 2.37. The van der Waals surface area contributed by atoms with Gasteiger partial charge in [0.05, 0.1) is 11.2 Å². The highest BCUT2D eigenvalue weighted by atomic mass is 35.5. The van der Waals surface area contributed by atoms with Crippen LogP contribution in [0.3, 0.4) is 0 Å². The van der Waals surface area contributed by atoms with Gasteiger partial charge in [0.15, 0.2) is 0 Å². The van der Waals surface area contributed by atoms with Crippen LogP contribution in [-0.4, -0.2) is 24.2 Å². The van der Waals surface area contributed by atoms with Crippen molar-refractivity contribution in [3.8, 4) is 0 Å². The summed E-state index contributed by atoms with van der Waals surface area (Å²) in [7, 11) is -0.501. The number of amides is 1. The van der Waals surface area contributed by atoms with Gasteiger partial charge in [-0.3, -0.25) is 4.79 Å². The van der Waals surface area contributed by atoms with E-state index < -0.39 is 18.3 Å². The number of benzene rings is 1. The van der Waals surface area contributed by atoms with E-state index in [0.29, 0.717) is 10.7 Å². The Balaban J connectivity index is 2.25. The smallest absolute Gasteiger partial charge is 0.399 e. The van der Waals surface area contributed by atoms with Crippen molar-refractivity contribution in [1.29, 1.82) is 0 Å². The van der Waals surface area contributed by atoms with E-state index in [1.807, 2.05) is 33.8 Å². The highest BCUT2D eigenvalue weighted by molar-refractivity contribution is 6.65. The second-order valence-corrected chi connectivity index (χ2v) is 6.41. The van der Waals surface area contributed by atoms with E-state index in [0.717, 1.165) is 5.46 Å². The number of halogens is 1. The van der Waals surface area contributed by atoms with Crippen molar-refractivity contribution in [1.82, 2.24) is 0 Å². The number of rotatable bonds is 2. The molecule has 1 aliphatic heterocycles. The Hall–Kier alpha value is -1.04. The van der Waals surface area contributed by atoms with Crippen molar-refractivity contribution >= 4 is 35.8 Å². The van der Waals surface area contributed by atoms with Crippen molar-refractivity contribution in [3.63, 3.8) is 0 Å². The molecule has 0 aliphatic carbocycles. The summed E-state index contributed by atoms with van der Waals surface area (Å²) in [6, 6.07) is 5.30. The van der Waals surface area contributed by atoms with Gasteiger partial charge in [0.25, 0.3) is 0 Å². The zero-order valence-corrected chi connectivity index (χ0v) is 13.2. The van der Waals surface area contributed by atoms with Gasteiger partial charge in [0, 0.05) is 23.1 Å². The molecule has 108 valence electrons. The summed E-state index contributed by atoms with van der Waals surface area (Å²) < 4.78 is 11.9. The molecule has 0 atom stereocenters. The Morgan fingerprint density at radius 1 is 1.20 bits per heavy atom. The summed E-state index contributed by atoms with van der Waals surface area (Å²) in [6.07, 6.45) is 0. The second kappa shape index (κ2) is 5.06. The van der Waals surface area contributed by atoms with Gasteiger partial charge in [-0.2, -0.15) is 0 Å². The van der Waals surface area contributed by atoms with Crippen molar-refractivity contribution < 1.29 is 14.1 Å². The molecule has 0 spiro atoms. The Morgan fingerprint density at radius 3 is 2.20 bits per heavy atom. The first-order valence-electron chi connectivity index (χ1n) is 6.55. The molecule has 1 saturated heterocycles.